The topological polar surface area (TPSA) is 52.3 Å². The number of esters is 1. The average Bonchev–Trinajstić information content (AvgIpc) is 2.12. The molecule has 0 aromatic heterocycles. The molecule has 2 atom stereocenters. The largest absolute Gasteiger partial charge is 0.462 e. The van der Waals surface area contributed by atoms with E-state index >= 15 is 0 Å². The highest BCUT2D eigenvalue weighted by molar-refractivity contribution is 7.98. The number of carbonyl (C=O) groups is 1. The monoisotopic (exact) mass is 233 g/mol. The van der Waals surface area contributed by atoms with Crippen LogP contribution in [0.4, 0.5) is 0 Å². The van der Waals surface area contributed by atoms with Crippen molar-refractivity contribution >= 4 is 17.7 Å². The minimum Gasteiger partial charge on any atom is -0.462 e. The van der Waals surface area contributed by atoms with Gasteiger partial charge in [0.25, 0.3) is 0 Å². The Morgan fingerprint density at radius 3 is 2.47 bits per heavy atom. The number of rotatable bonds is 7. The van der Waals surface area contributed by atoms with Gasteiger partial charge in [0, 0.05) is 0 Å². The lowest BCUT2D eigenvalue weighted by Gasteiger charge is -2.17. The second-order valence-electron chi connectivity index (χ2n) is 4.27. The number of carbonyl (C=O) groups excluding carboxylic acids is 1. The van der Waals surface area contributed by atoms with Crippen LogP contribution in [0.25, 0.3) is 0 Å². The van der Waals surface area contributed by atoms with Gasteiger partial charge >= 0.3 is 5.97 Å². The van der Waals surface area contributed by atoms with Crippen LogP contribution >= 0.6 is 11.8 Å². The summed E-state index contributed by atoms with van der Waals surface area (Å²) in [6.45, 7) is 6.13. The van der Waals surface area contributed by atoms with Gasteiger partial charge < -0.3 is 10.5 Å². The Labute approximate surface area is 97.1 Å². The molecule has 0 rings (SSSR count). The van der Waals surface area contributed by atoms with E-state index in [9.17, 15) is 4.79 Å². The van der Waals surface area contributed by atoms with Crippen molar-refractivity contribution in [2.75, 3.05) is 12.0 Å². The van der Waals surface area contributed by atoms with Gasteiger partial charge in [-0.3, -0.25) is 4.79 Å². The average molecular weight is 233 g/mol. The van der Waals surface area contributed by atoms with E-state index in [1.54, 1.807) is 11.8 Å². The quantitative estimate of drug-likeness (QED) is 0.684. The Balaban J connectivity index is 3.80. The summed E-state index contributed by atoms with van der Waals surface area (Å²) in [7, 11) is 0. The summed E-state index contributed by atoms with van der Waals surface area (Å²) in [5.74, 6) is 1.17. The molecule has 0 bridgehead atoms. The third kappa shape index (κ3) is 7.68. The maximum absolute atomic E-state index is 11.5. The van der Waals surface area contributed by atoms with Crippen LogP contribution in [0.1, 0.15) is 33.6 Å². The maximum Gasteiger partial charge on any atom is 0.323 e. The lowest BCUT2D eigenvalue weighted by atomic mass is 10.1. The maximum atomic E-state index is 11.5. The van der Waals surface area contributed by atoms with Crippen LogP contribution in [0.5, 0.6) is 0 Å². The molecule has 4 heteroatoms. The van der Waals surface area contributed by atoms with Gasteiger partial charge in [-0.2, -0.15) is 11.8 Å². The van der Waals surface area contributed by atoms with Crippen molar-refractivity contribution in [1.82, 2.24) is 0 Å². The van der Waals surface area contributed by atoms with Crippen molar-refractivity contribution in [3.05, 3.63) is 0 Å². The predicted octanol–water partition coefficient (Wildman–Crippen LogP) is 2.04. The molecule has 0 aliphatic rings. The highest BCUT2D eigenvalue weighted by Gasteiger charge is 2.17. The highest BCUT2D eigenvalue weighted by atomic mass is 32.2. The van der Waals surface area contributed by atoms with E-state index in [0.717, 1.165) is 12.2 Å². The third-order valence-electron chi connectivity index (χ3n) is 2.06. The van der Waals surface area contributed by atoms with Gasteiger partial charge in [-0.05, 0) is 37.7 Å². The SMILES string of the molecule is CSCC[C@H](N)C(=O)OC(C)CC(C)C. The summed E-state index contributed by atoms with van der Waals surface area (Å²) < 4.78 is 5.25. The Bertz CT molecular complexity index is 185. The van der Waals surface area contributed by atoms with Gasteiger partial charge in [0.2, 0.25) is 0 Å². The van der Waals surface area contributed by atoms with Crippen LogP contribution in [0, 0.1) is 5.92 Å². The van der Waals surface area contributed by atoms with Gasteiger partial charge in [0.15, 0.2) is 0 Å². The Morgan fingerprint density at radius 2 is 2.00 bits per heavy atom. The molecule has 0 aliphatic carbocycles. The standard InChI is InChI=1S/C11H23NO2S/c1-8(2)7-9(3)14-11(13)10(12)5-6-15-4/h8-10H,5-7,12H2,1-4H3/t9?,10-/m0/s1. The summed E-state index contributed by atoms with van der Waals surface area (Å²) in [6.07, 6.45) is 3.55. The van der Waals surface area contributed by atoms with E-state index < -0.39 is 6.04 Å². The predicted molar refractivity (Wildman–Crippen MR) is 66.0 cm³/mol. The molecule has 0 fully saturated rings. The van der Waals surface area contributed by atoms with Crippen LogP contribution in [-0.2, 0) is 9.53 Å². The van der Waals surface area contributed by atoms with Gasteiger partial charge in [-0.1, -0.05) is 13.8 Å². The molecule has 0 aromatic carbocycles. The molecular formula is C11H23NO2S. The molecule has 0 spiro atoms. The lowest BCUT2D eigenvalue weighted by Crippen LogP contribution is -2.35. The van der Waals surface area contributed by atoms with E-state index in [2.05, 4.69) is 13.8 Å². The van der Waals surface area contributed by atoms with Crippen molar-refractivity contribution in [1.29, 1.82) is 0 Å². The highest BCUT2D eigenvalue weighted by Crippen LogP contribution is 2.09. The minimum absolute atomic E-state index is 0.0298. The summed E-state index contributed by atoms with van der Waals surface area (Å²) in [5.41, 5.74) is 5.69. The van der Waals surface area contributed by atoms with Crippen LogP contribution in [0.3, 0.4) is 0 Å². The molecule has 2 N–H and O–H groups in total. The fourth-order valence-electron chi connectivity index (χ4n) is 1.36. The van der Waals surface area contributed by atoms with Gasteiger partial charge in [-0.15, -0.1) is 0 Å². The molecule has 0 aliphatic heterocycles. The van der Waals surface area contributed by atoms with E-state index in [1.165, 1.54) is 0 Å². The lowest BCUT2D eigenvalue weighted by molar-refractivity contribution is -0.150. The van der Waals surface area contributed by atoms with Crippen molar-refractivity contribution in [2.45, 2.75) is 45.8 Å². The van der Waals surface area contributed by atoms with Gasteiger partial charge in [-0.25, -0.2) is 0 Å². The number of hydrogen-bond donors (Lipinski definition) is 1. The Hall–Kier alpha value is -0.220. The molecule has 0 aromatic rings. The number of ether oxygens (including phenoxy) is 1. The van der Waals surface area contributed by atoms with Crippen molar-refractivity contribution in [3.63, 3.8) is 0 Å². The fourth-order valence-corrected chi connectivity index (χ4v) is 1.85. The van der Waals surface area contributed by atoms with Crippen LogP contribution < -0.4 is 5.73 Å². The minimum atomic E-state index is -0.466. The third-order valence-corrected chi connectivity index (χ3v) is 2.70. The first kappa shape index (κ1) is 14.8. The fraction of sp³-hybridized carbons (Fsp3) is 0.909. The van der Waals surface area contributed by atoms with Crippen molar-refractivity contribution < 1.29 is 9.53 Å². The van der Waals surface area contributed by atoms with Gasteiger partial charge in [0.1, 0.15) is 6.04 Å². The zero-order valence-electron chi connectivity index (χ0n) is 10.2. The van der Waals surface area contributed by atoms with Crippen molar-refractivity contribution in [2.24, 2.45) is 11.7 Å². The van der Waals surface area contributed by atoms with E-state index in [0.29, 0.717) is 12.3 Å². The van der Waals surface area contributed by atoms with E-state index in [4.69, 9.17) is 10.5 Å². The zero-order chi connectivity index (χ0) is 11.8. The number of hydrogen-bond acceptors (Lipinski definition) is 4. The molecule has 0 saturated heterocycles. The summed E-state index contributed by atoms with van der Waals surface area (Å²) >= 11 is 1.69. The molecule has 0 radical (unpaired) electrons. The molecule has 0 amide bonds. The molecule has 90 valence electrons. The molecule has 15 heavy (non-hydrogen) atoms. The van der Waals surface area contributed by atoms with Crippen LogP contribution in [0.2, 0.25) is 0 Å². The van der Waals surface area contributed by atoms with Crippen LogP contribution in [-0.4, -0.2) is 30.1 Å². The molecule has 0 heterocycles. The second-order valence-corrected chi connectivity index (χ2v) is 5.25. The Morgan fingerprint density at radius 1 is 1.40 bits per heavy atom. The van der Waals surface area contributed by atoms with Crippen molar-refractivity contribution in [3.8, 4) is 0 Å². The van der Waals surface area contributed by atoms with Gasteiger partial charge in [0.05, 0.1) is 6.10 Å². The second kappa shape index (κ2) is 7.99. The summed E-state index contributed by atoms with van der Waals surface area (Å²) in [4.78, 5) is 11.5. The first-order valence-corrected chi connectivity index (χ1v) is 6.81. The normalized spacial score (nSPS) is 15.1. The molecular weight excluding hydrogens is 210 g/mol. The molecule has 1 unspecified atom stereocenters. The molecule has 3 nitrogen and oxygen atoms in total. The smallest absolute Gasteiger partial charge is 0.323 e. The van der Waals surface area contributed by atoms with Crippen LogP contribution in [0.15, 0.2) is 0 Å². The number of thioether (sulfide) groups is 1. The Kier molecular flexibility index (Phi) is 7.88. The zero-order valence-corrected chi connectivity index (χ0v) is 11.0. The van der Waals surface area contributed by atoms with E-state index in [-0.39, 0.29) is 12.1 Å². The first-order valence-electron chi connectivity index (χ1n) is 5.42. The molecule has 0 saturated carbocycles. The summed E-state index contributed by atoms with van der Waals surface area (Å²) in [6, 6.07) is -0.466. The number of nitrogens with two attached hydrogens (primary N) is 1. The summed E-state index contributed by atoms with van der Waals surface area (Å²) in [5, 5.41) is 0. The first-order chi connectivity index (χ1) is 6.97. The van der Waals surface area contributed by atoms with E-state index in [1.807, 2.05) is 13.2 Å².